The van der Waals surface area contributed by atoms with Gasteiger partial charge in [-0.2, -0.15) is 0 Å². The second-order valence-electron chi connectivity index (χ2n) is 7.91. The quantitative estimate of drug-likeness (QED) is 0.235. The zero-order valence-corrected chi connectivity index (χ0v) is 20.5. The maximum absolute atomic E-state index is 14.9. The summed E-state index contributed by atoms with van der Waals surface area (Å²) in [5.74, 6) is -2.14. The fourth-order valence-electron chi connectivity index (χ4n) is 3.62. The number of carbonyl (C=O) groups is 3. The van der Waals surface area contributed by atoms with E-state index >= 15 is 0 Å². The molecule has 1 fully saturated rings. The molecule has 186 valence electrons. The van der Waals surface area contributed by atoms with E-state index in [-0.39, 0.29) is 16.7 Å². The Morgan fingerprint density at radius 1 is 0.694 bits per heavy atom. The summed E-state index contributed by atoms with van der Waals surface area (Å²) in [6.45, 7) is -0.444. The lowest BCUT2D eigenvalue weighted by Crippen LogP contribution is -2.58. The van der Waals surface area contributed by atoms with E-state index in [1.54, 1.807) is 91.0 Å². The Morgan fingerprint density at radius 3 is 1.58 bits per heavy atom. The highest BCUT2D eigenvalue weighted by Gasteiger charge is 2.50. The second kappa shape index (κ2) is 11.9. The lowest BCUT2D eigenvalue weighted by Gasteiger charge is -2.40. The van der Waals surface area contributed by atoms with E-state index < -0.39 is 54.0 Å². The topological polar surface area (TPSA) is 88.1 Å². The maximum atomic E-state index is 14.9. The normalized spacial score (nSPS) is 23.3. The van der Waals surface area contributed by atoms with Gasteiger partial charge in [-0.15, -0.1) is 0 Å². The van der Waals surface area contributed by atoms with Crippen molar-refractivity contribution in [3.05, 3.63) is 108 Å². The fourth-order valence-corrected chi connectivity index (χ4v) is 4.15. The Hall–Kier alpha value is -3.56. The molecule has 0 N–H and O–H groups in total. The minimum absolute atomic E-state index is 0.235. The molecule has 3 aromatic rings. The number of carbonyl (C=O) groups excluding carboxylic acids is 3. The number of esters is 3. The molecule has 0 saturated carbocycles. The van der Waals surface area contributed by atoms with Gasteiger partial charge in [-0.05, 0) is 36.4 Å². The highest BCUT2D eigenvalue weighted by molar-refractivity contribution is 9.09. The first-order chi connectivity index (χ1) is 17.4. The lowest BCUT2D eigenvalue weighted by atomic mass is 10.0. The van der Waals surface area contributed by atoms with Crippen LogP contribution in [0.15, 0.2) is 91.0 Å². The van der Waals surface area contributed by atoms with Gasteiger partial charge in [0, 0.05) is 0 Å². The Morgan fingerprint density at radius 2 is 1.11 bits per heavy atom. The molecular weight excluding hydrogens is 535 g/mol. The molecule has 1 saturated heterocycles. The van der Waals surface area contributed by atoms with Crippen LogP contribution in [0, 0.1) is 0 Å². The van der Waals surface area contributed by atoms with E-state index in [2.05, 4.69) is 15.9 Å². The highest BCUT2D eigenvalue weighted by atomic mass is 79.9. The summed E-state index contributed by atoms with van der Waals surface area (Å²) in [6.07, 6.45) is -5.76. The van der Waals surface area contributed by atoms with Crippen molar-refractivity contribution >= 4 is 33.8 Å². The van der Waals surface area contributed by atoms with E-state index in [1.807, 2.05) is 0 Å². The number of hydrogen-bond donors (Lipinski definition) is 0. The van der Waals surface area contributed by atoms with E-state index in [4.69, 9.17) is 18.9 Å². The minimum Gasteiger partial charge on any atom is -0.459 e. The van der Waals surface area contributed by atoms with Gasteiger partial charge in [0.25, 0.3) is 0 Å². The van der Waals surface area contributed by atoms with Crippen LogP contribution in [0.2, 0.25) is 0 Å². The summed E-state index contributed by atoms with van der Waals surface area (Å²) in [5, 5.41) is 0. The summed E-state index contributed by atoms with van der Waals surface area (Å²) < 4.78 is 36.9. The molecular formula is C27H22BrFO7. The Labute approximate surface area is 215 Å². The van der Waals surface area contributed by atoms with Crippen molar-refractivity contribution in [2.45, 2.75) is 29.5 Å². The molecule has 1 heterocycles. The van der Waals surface area contributed by atoms with Crippen molar-refractivity contribution in [1.29, 1.82) is 0 Å². The van der Waals surface area contributed by atoms with Crippen molar-refractivity contribution < 1.29 is 37.7 Å². The summed E-state index contributed by atoms with van der Waals surface area (Å²) in [6, 6.07) is 24.5. The molecule has 5 atom stereocenters. The Bertz CT molecular complexity index is 1180. The fraction of sp³-hybridized carbons (Fsp3) is 0.222. The molecule has 3 aromatic carbocycles. The zero-order valence-electron chi connectivity index (χ0n) is 18.9. The van der Waals surface area contributed by atoms with Gasteiger partial charge in [0.2, 0.25) is 6.36 Å². The molecule has 7 nitrogen and oxygen atoms in total. The number of rotatable bonds is 7. The first kappa shape index (κ1) is 25.5. The van der Waals surface area contributed by atoms with Crippen LogP contribution >= 0.6 is 15.9 Å². The molecule has 0 unspecified atom stereocenters. The summed E-state index contributed by atoms with van der Waals surface area (Å²) in [7, 11) is 0. The molecule has 36 heavy (non-hydrogen) atoms. The van der Waals surface area contributed by atoms with Gasteiger partial charge < -0.3 is 18.9 Å². The van der Waals surface area contributed by atoms with Crippen LogP contribution in [0.25, 0.3) is 0 Å². The zero-order chi connectivity index (χ0) is 25.5. The van der Waals surface area contributed by atoms with E-state index in [1.165, 1.54) is 0 Å². The van der Waals surface area contributed by atoms with Crippen molar-refractivity contribution in [2.75, 3.05) is 6.61 Å². The van der Waals surface area contributed by atoms with Crippen molar-refractivity contribution in [1.82, 2.24) is 0 Å². The van der Waals surface area contributed by atoms with Crippen molar-refractivity contribution in [3.8, 4) is 0 Å². The second-order valence-corrected chi connectivity index (χ2v) is 8.96. The SMILES string of the molecule is O=C(OC[C@H]1O[C@H](F)[C@H](Br)[C@@H](OC(=O)c2ccccc2)[C@@H]1OC(=O)c1ccccc1)c1ccccc1. The number of alkyl halides is 2. The van der Waals surface area contributed by atoms with Crippen molar-refractivity contribution in [3.63, 3.8) is 0 Å². The molecule has 0 spiro atoms. The predicted molar refractivity (Wildman–Crippen MR) is 130 cm³/mol. The summed E-state index contributed by atoms with van der Waals surface area (Å²) >= 11 is 3.18. The molecule has 9 heteroatoms. The van der Waals surface area contributed by atoms with Crippen LogP contribution in [0.3, 0.4) is 0 Å². The molecule has 4 rings (SSSR count). The van der Waals surface area contributed by atoms with Gasteiger partial charge >= 0.3 is 17.9 Å². The van der Waals surface area contributed by atoms with Gasteiger partial charge in [-0.3, -0.25) is 0 Å². The van der Waals surface area contributed by atoms with Gasteiger partial charge in [0.1, 0.15) is 17.5 Å². The Kier molecular flexibility index (Phi) is 8.45. The average Bonchev–Trinajstić information content (AvgIpc) is 2.92. The van der Waals surface area contributed by atoms with Crippen LogP contribution < -0.4 is 0 Å². The van der Waals surface area contributed by atoms with Crippen LogP contribution in [-0.2, 0) is 18.9 Å². The van der Waals surface area contributed by atoms with Crippen molar-refractivity contribution in [2.24, 2.45) is 0 Å². The van der Waals surface area contributed by atoms with Crippen LogP contribution in [0.1, 0.15) is 31.1 Å². The number of halogens is 2. The van der Waals surface area contributed by atoms with Gasteiger partial charge in [0.15, 0.2) is 12.2 Å². The van der Waals surface area contributed by atoms with E-state index in [9.17, 15) is 18.8 Å². The smallest absolute Gasteiger partial charge is 0.338 e. The molecule has 0 amide bonds. The van der Waals surface area contributed by atoms with Crippen LogP contribution in [0.5, 0.6) is 0 Å². The number of ether oxygens (including phenoxy) is 4. The number of benzene rings is 3. The van der Waals surface area contributed by atoms with Gasteiger partial charge in [0.05, 0.1) is 16.7 Å². The third-order valence-corrected chi connectivity index (χ3v) is 6.39. The van der Waals surface area contributed by atoms with E-state index in [0.29, 0.717) is 0 Å². The summed E-state index contributed by atoms with van der Waals surface area (Å²) in [4.78, 5) is 37.0. The van der Waals surface area contributed by atoms with E-state index in [0.717, 1.165) is 0 Å². The van der Waals surface area contributed by atoms with Crippen LogP contribution in [-0.4, -0.2) is 54.0 Å². The molecule has 0 radical (unpaired) electrons. The molecule has 1 aliphatic rings. The predicted octanol–water partition coefficient (Wildman–Crippen LogP) is 4.75. The molecule has 1 aliphatic heterocycles. The Balaban J connectivity index is 1.57. The first-order valence-electron chi connectivity index (χ1n) is 11.1. The average molecular weight is 557 g/mol. The summed E-state index contributed by atoms with van der Waals surface area (Å²) in [5.41, 5.74) is 0.756. The third-order valence-electron chi connectivity index (χ3n) is 5.45. The molecule has 0 aliphatic carbocycles. The monoisotopic (exact) mass is 556 g/mol. The highest BCUT2D eigenvalue weighted by Crippen LogP contribution is 2.33. The van der Waals surface area contributed by atoms with Gasteiger partial charge in [-0.25, -0.2) is 18.8 Å². The standard InChI is InChI=1S/C27H22BrFO7/c28-21-23(36-27(32)19-14-8-3-9-15-19)22(35-26(31)18-12-6-2-7-13-18)20(34-24(21)29)16-33-25(30)17-10-4-1-5-11-17/h1-15,20-24H,16H2/t20-,21-,22-,23-,24+/m1/s1. The third kappa shape index (κ3) is 6.16. The lowest BCUT2D eigenvalue weighted by molar-refractivity contribution is -0.209. The minimum atomic E-state index is -1.94. The largest absolute Gasteiger partial charge is 0.459 e. The molecule has 0 bridgehead atoms. The maximum Gasteiger partial charge on any atom is 0.338 e. The molecule has 0 aromatic heterocycles. The number of hydrogen-bond acceptors (Lipinski definition) is 7. The first-order valence-corrected chi connectivity index (χ1v) is 12.0. The van der Waals surface area contributed by atoms with Gasteiger partial charge in [-0.1, -0.05) is 70.5 Å². The van der Waals surface area contributed by atoms with Crippen LogP contribution in [0.4, 0.5) is 4.39 Å².